The average Bonchev–Trinajstić information content (AvgIpc) is 2.67. The number of halogens is 3. The molecule has 0 bridgehead atoms. The molecule has 0 aromatic heterocycles. The molecule has 8 heteroatoms. The first kappa shape index (κ1) is 20.7. The number of carbonyl (C=O) groups excluding carboxylic acids is 2. The Morgan fingerprint density at radius 2 is 1.79 bits per heavy atom. The van der Waals surface area contributed by atoms with Crippen molar-refractivity contribution in [3.63, 3.8) is 0 Å². The van der Waals surface area contributed by atoms with Gasteiger partial charge in [-0.1, -0.05) is 24.3 Å². The van der Waals surface area contributed by atoms with Crippen LogP contribution in [0.15, 0.2) is 48.5 Å². The van der Waals surface area contributed by atoms with E-state index in [4.69, 9.17) is 0 Å². The van der Waals surface area contributed by atoms with Gasteiger partial charge in [0.15, 0.2) is 0 Å². The molecular weight excluding hydrogens is 385 g/mol. The number of hydrogen-bond acceptors (Lipinski definition) is 3. The molecule has 2 amide bonds. The molecule has 5 nitrogen and oxygen atoms in total. The Hall–Kier alpha value is -3.03. The lowest BCUT2D eigenvalue weighted by molar-refractivity contribution is -0.274. The molecule has 1 atom stereocenters. The van der Waals surface area contributed by atoms with Crippen molar-refractivity contribution in [1.29, 1.82) is 0 Å². The first-order valence-electron chi connectivity index (χ1n) is 9.33. The maximum Gasteiger partial charge on any atom is 0.573 e. The summed E-state index contributed by atoms with van der Waals surface area (Å²) in [5.74, 6) is -1.04. The summed E-state index contributed by atoms with van der Waals surface area (Å²) in [7, 11) is 0. The molecule has 29 heavy (non-hydrogen) atoms. The van der Waals surface area contributed by atoms with Crippen LogP contribution in [0.5, 0.6) is 5.75 Å². The van der Waals surface area contributed by atoms with Crippen LogP contribution in [0.2, 0.25) is 0 Å². The number of hydrogen-bond donors (Lipinski definition) is 2. The van der Waals surface area contributed by atoms with Crippen molar-refractivity contribution < 1.29 is 27.5 Å². The highest BCUT2D eigenvalue weighted by atomic mass is 19.4. The van der Waals surface area contributed by atoms with Crippen molar-refractivity contribution in [2.75, 3.05) is 6.54 Å². The highest BCUT2D eigenvalue weighted by Gasteiger charge is 2.31. The van der Waals surface area contributed by atoms with E-state index in [-0.39, 0.29) is 30.5 Å². The number of rotatable bonds is 6. The van der Waals surface area contributed by atoms with E-state index in [0.29, 0.717) is 0 Å². The molecule has 0 heterocycles. The van der Waals surface area contributed by atoms with Gasteiger partial charge in [-0.3, -0.25) is 9.59 Å². The van der Waals surface area contributed by atoms with E-state index in [0.717, 1.165) is 37.0 Å². The van der Waals surface area contributed by atoms with Crippen molar-refractivity contribution in [2.45, 2.75) is 38.1 Å². The first-order valence-corrected chi connectivity index (χ1v) is 9.33. The molecule has 2 aromatic carbocycles. The lowest BCUT2D eigenvalue weighted by atomic mass is 9.88. The van der Waals surface area contributed by atoms with Crippen LogP contribution in [0.1, 0.15) is 46.8 Å². The van der Waals surface area contributed by atoms with E-state index in [1.807, 2.05) is 18.2 Å². The zero-order chi connectivity index (χ0) is 20.9. The Balaban J connectivity index is 1.45. The molecule has 3 rings (SSSR count). The minimum atomic E-state index is -4.78. The van der Waals surface area contributed by atoms with Crippen molar-refractivity contribution in [3.8, 4) is 5.75 Å². The second kappa shape index (κ2) is 8.98. The quantitative estimate of drug-likeness (QED) is 0.765. The summed E-state index contributed by atoms with van der Waals surface area (Å²) in [5.41, 5.74) is 2.56. The smallest absolute Gasteiger partial charge is 0.406 e. The monoisotopic (exact) mass is 406 g/mol. The molecule has 1 aliphatic carbocycles. The Morgan fingerprint density at radius 1 is 1.07 bits per heavy atom. The molecule has 154 valence electrons. The molecular formula is C21H21F3N2O3. The summed E-state index contributed by atoms with van der Waals surface area (Å²) in [6, 6.07) is 12.6. The number of ether oxygens (including phenoxy) is 1. The van der Waals surface area contributed by atoms with Crippen molar-refractivity contribution in [3.05, 3.63) is 65.2 Å². The second-order valence-electron chi connectivity index (χ2n) is 6.79. The Kier molecular flexibility index (Phi) is 6.41. The molecule has 2 aromatic rings. The Morgan fingerprint density at radius 3 is 2.52 bits per heavy atom. The maximum absolute atomic E-state index is 12.2. The molecule has 0 saturated heterocycles. The highest BCUT2D eigenvalue weighted by Crippen LogP contribution is 2.29. The van der Waals surface area contributed by atoms with Gasteiger partial charge in [0.05, 0.1) is 6.04 Å². The van der Waals surface area contributed by atoms with E-state index >= 15 is 0 Å². The zero-order valence-electron chi connectivity index (χ0n) is 15.6. The Labute approximate surface area is 166 Å². The molecule has 0 unspecified atom stereocenters. The van der Waals surface area contributed by atoms with Crippen LogP contribution in [0, 0.1) is 0 Å². The van der Waals surface area contributed by atoms with Gasteiger partial charge < -0.3 is 15.4 Å². The average molecular weight is 406 g/mol. The molecule has 2 N–H and O–H groups in total. The number of benzene rings is 2. The zero-order valence-corrected chi connectivity index (χ0v) is 15.6. The fourth-order valence-electron chi connectivity index (χ4n) is 3.37. The third-order valence-corrected chi connectivity index (χ3v) is 4.69. The fraction of sp³-hybridized carbons (Fsp3) is 0.333. The van der Waals surface area contributed by atoms with Gasteiger partial charge in [0.2, 0.25) is 5.91 Å². The van der Waals surface area contributed by atoms with E-state index in [2.05, 4.69) is 21.4 Å². The lowest BCUT2D eigenvalue weighted by Crippen LogP contribution is -2.34. The van der Waals surface area contributed by atoms with Gasteiger partial charge in [0.1, 0.15) is 5.75 Å². The van der Waals surface area contributed by atoms with Gasteiger partial charge in [-0.05, 0) is 54.7 Å². The fourth-order valence-corrected chi connectivity index (χ4v) is 3.37. The van der Waals surface area contributed by atoms with Crippen LogP contribution >= 0.6 is 0 Å². The minimum Gasteiger partial charge on any atom is -0.406 e. The predicted octanol–water partition coefficient (Wildman–Crippen LogP) is 3.90. The molecule has 1 aliphatic rings. The van der Waals surface area contributed by atoms with Gasteiger partial charge in [-0.2, -0.15) is 0 Å². The normalized spacial score (nSPS) is 15.9. The number of fused-ring (bicyclic) bond motifs is 1. The van der Waals surface area contributed by atoms with E-state index in [1.54, 1.807) is 0 Å². The van der Waals surface area contributed by atoms with Gasteiger partial charge in [-0.25, -0.2) is 0 Å². The van der Waals surface area contributed by atoms with Crippen LogP contribution in [0.25, 0.3) is 0 Å². The van der Waals surface area contributed by atoms with Gasteiger partial charge in [-0.15, -0.1) is 13.2 Å². The molecule has 0 spiro atoms. The highest BCUT2D eigenvalue weighted by molar-refractivity contribution is 5.94. The van der Waals surface area contributed by atoms with Crippen LogP contribution in [0.3, 0.4) is 0 Å². The van der Waals surface area contributed by atoms with E-state index in [1.165, 1.54) is 17.7 Å². The van der Waals surface area contributed by atoms with Crippen molar-refractivity contribution in [1.82, 2.24) is 10.6 Å². The topological polar surface area (TPSA) is 67.4 Å². The van der Waals surface area contributed by atoms with Crippen LogP contribution in [0.4, 0.5) is 13.2 Å². The number of alkyl halides is 3. The molecule has 0 radical (unpaired) electrons. The maximum atomic E-state index is 12.2. The largest absolute Gasteiger partial charge is 0.573 e. The lowest BCUT2D eigenvalue weighted by Gasteiger charge is -2.26. The third kappa shape index (κ3) is 5.97. The van der Waals surface area contributed by atoms with Crippen LogP contribution in [-0.2, 0) is 11.2 Å². The molecule has 0 saturated carbocycles. The number of carbonyl (C=O) groups is 2. The standard InChI is InChI=1S/C21H21F3N2O3/c22-21(23,24)29-16-10-8-15(9-11-16)20(28)25-13-12-19(27)26-18-7-3-5-14-4-1-2-6-17(14)18/h1-2,4,6,8-11,18H,3,5,7,12-13H2,(H,25,28)(H,26,27)/t18-/m0/s1. The number of nitrogens with one attached hydrogen (secondary N) is 2. The van der Waals surface area contributed by atoms with E-state index in [9.17, 15) is 22.8 Å². The van der Waals surface area contributed by atoms with Crippen LogP contribution < -0.4 is 15.4 Å². The first-order chi connectivity index (χ1) is 13.8. The molecule has 0 aliphatic heterocycles. The predicted molar refractivity (Wildman–Crippen MR) is 100 cm³/mol. The second-order valence-corrected chi connectivity index (χ2v) is 6.79. The number of aryl methyl sites for hydroxylation is 1. The minimum absolute atomic E-state index is 0.0238. The summed E-state index contributed by atoms with van der Waals surface area (Å²) >= 11 is 0. The summed E-state index contributed by atoms with van der Waals surface area (Å²) in [5, 5.41) is 5.60. The molecule has 0 fully saturated rings. The van der Waals surface area contributed by atoms with Gasteiger partial charge >= 0.3 is 6.36 Å². The summed E-state index contributed by atoms with van der Waals surface area (Å²) in [6.07, 6.45) is -1.78. The van der Waals surface area contributed by atoms with Gasteiger partial charge in [0.25, 0.3) is 5.91 Å². The van der Waals surface area contributed by atoms with Crippen molar-refractivity contribution in [2.24, 2.45) is 0 Å². The summed E-state index contributed by atoms with van der Waals surface area (Å²) in [6.45, 7) is 0.125. The third-order valence-electron chi connectivity index (χ3n) is 4.69. The SMILES string of the molecule is O=C(CCNC(=O)c1ccc(OC(F)(F)F)cc1)N[C@H]1CCCc2ccccc21. The van der Waals surface area contributed by atoms with Gasteiger partial charge in [0, 0.05) is 18.5 Å². The Bertz CT molecular complexity index is 866. The number of amides is 2. The van der Waals surface area contributed by atoms with Crippen LogP contribution in [-0.4, -0.2) is 24.7 Å². The van der Waals surface area contributed by atoms with E-state index < -0.39 is 18.0 Å². The van der Waals surface area contributed by atoms with Crippen molar-refractivity contribution >= 4 is 11.8 Å². The summed E-state index contributed by atoms with van der Waals surface area (Å²) in [4.78, 5) is 24.3. The summed E-state index contributed by atoms with van der Waals surface area (Å²) < 4.78 is 40.2.